The summed E-state index contributed by atoms with van der Waals surface area (Å²) in [7, 11) is 0. The lowest BCUT2D eigenvalue weighted by atomic mass is 10.2. The monoisotopic (exact) mass is 403 g/mol. The fourth-order valence-electron chi connectivity index (χ4n) is 2.85. The number of benzene rings is 1. The van der Waals surface area contributed by atoms with Crippen LogP contribution >= 0.6 is 23.4 Å². The van der Waals surface area contributed by atoms with Crippen LogP contribution in [0.5, 0.6) is 0 Å². The number of hydrogen-bond acceptors (Lipinski definition) is 6. The number of rotatable bonds is 6. The van der Waals surface area contributed by atoms with Gasteiger partial charge in [-0.3, -0.25) is 4.79 Å². The maximum atomic E-state index is 12.0. The summed E-state index contributed by atoms with van der Waals surface area (Å²) in [6.07, 6.45) is 2.22. The first kappa shape index (κ1) is 18.2. The Labute approximate surface area is 165 Å². The molecular weight excluding hydrogens is 386 g/mol. The number of amides is 1. The number of ether oxygens (including phenoxy) is 1. The normalized spacial score (nSPS) is 16.7. The third-order valence-electron chi connectivity index (χ3n) is 4.24. The molecule has 3 aromatic rings. The first-order valence-electron chi connectivity index (χ1n) is 8.68. The van der Waals surface area contributed by atoms with Crippen molar-refractivity contribution in [2.24, 2.45) is 0 Å². The highest BCUT2D eigenvalue weighted by Crippen LogP contribution is 2.22. The molecule has 1 aliphatic rings. The lowest BCUT2D eigenvalue weighted by molar-refractivity contribution is -0.119. The topological polar surface area (TPSA) is 81.4 Å². The van der Waals surface area contributed by atoms with Gasteiger partial charge in [0.05, 0.1) is 11.9 Å². The molecule has 9 heteroatoms. The molecule has 0 bridgehead atoms. The Balaban J connectivity index is 1.42. The molecule has 1 fully saturated rings. The van der Waals surface area contributed by atoms with Gasteiger partial charge in [-0.15, -0.1) is 10.2 Å². The van der Waals surface area contributed by atoms with E-state index >= 15 is 0 Å². The van der Waals surface area contributed by atoms with E-state index in [1.54, 1.807) is 16.6 Å². The lowest BCUT2D eigenvalue weighted by Crippen LogP contribution is -2.32. The number of hydrogen-bond donors (Lipinski definition) is 1. The molecule has 1 aliphatic heterocycles. The fraction of sp³-hybridized carbons (Fsp3) is 0.333. The summed E-state index contributed by atoms with van der Waals surface area (Å²) < 4.78 is 7.19. The second-order valence-corrected chi connectivity index (χ2v) is 7.63. The number of fused-ring (bicyclic) bond motifs is 1. The van der Waals surface area contributed by atoms with Crippen LogP contribution in [0.15, 0.2) is 41.4 Å². The molecule has 1 amide bonds. The zero-order valence-corrected chi connectivity index (χ0v) is 16.0. The second kappa shape index (κ2) is 8.24. The minimum absolute atomic E-state index is 0.0286. The number of thioether (sulfide) groups is 1. The standard InChI is InChI=1S/C18H18ClN5O2S/c19-13-5-3-12(4-6-13)18-22-21-15-7-8-17(23-24(15)18)27-11-16(25)20-10-14-2-1-9-26-14/h3-8,14H,1-2,9-11H2,(H,20,25)/t14-/m0/s1. The third-order valence-corrected chi connectivity index (χ3v) is 5.41. The number of nitrogens with zero attached hydrogens (tertiary/aromatic N) is 4. The van der Waals surface area contributed by atoms with E-state index in [9.17, 15) is 4.79 Å². The van der Waals surface area contributed by atoms with Crippen molar-refractivity contribution in [1.82, 2.24) is 25.1 Å². The molecule has 0 radical (unpaired) electrons. The maximum Gasteiger partial charge on any atom is 0.230 e. The molecule has 1 saturated heterocycles. The van der Waals surface area contributed by atoms with Gasteiger partial charge in [0.25, 0.3) is 0 Å². The highest BCUT2D eigenvalue weighted by Gasteiger charge is 2.16. The molecule has 0 unspecified atom stereocenters. The van der Waals surface area contributed by atoms with E-state index in [2.05, 4.69) is 20.6 Å². The number of aromatic nitrogens is 4. The summed E-state index contributed by atoms with van der Waals surface area (Å²) in [5.74, 6) is 0.898. The largest absolute Gasteiger partial charge is 0.376 e. The van der Waals surface area contributed by atoms with Crippen molar-refractivity contribution in [3.8, 4) is 11.4 Å². The molecule has 0 spiro atoms. The van der Waals surface area contributed by atoms with E-state index in [1.807, 2.05) is 24.3 Å². The quantitative estimate of drug-likeness (QED) is 0.637. The van der Waals surface area contributed by atoms with Crippen molar-refractivity contribution in [1.29, 1.82) is 0 Å². The summed E-state index contributed by atoms with van der Waals surface area (Å²) in [6, 6.07) is 11.0. The first-order valence-corrected chi connectivity index (χ1v) is 10.0. The van der Waals surface area contributed by atoms with Gasteiger partial charge in [0.2, 0.25) is 5.91 Å². The predicted molar refractivity (Wildman–Crippen MR) is 104 cm³/mol. The van der Waals surface area contributed by atoms with Gasteiger partial charge in [-0.2, -0.15) is 9.61 Å². The van der Waals surface area contributed by atoms with Gasteiger partial charge < -0.3 is 10.1 Å². The van der Waals surface area contributed by atoms with Gasteiger partial charge in [0, 0.05) is 23.7 Å². The number of nitrogens with one attached hydrogen (secondary N) is 1. The van der Waals surface area contributed by atoms with Crippen molar-refractivity contribution >= 4 is 34.9 Å². The Morgan fingerprint density at radius 2 is 2.11 bits per heavy atom. The van der Waals surface area contributed by atoms with Gasteiger partial charge >= 0.3 is 0 Å². The lowest BCUT2D eigenvalue weighted by Gasteiger charge is -2.10. The van der Waals surface area contributed by atoms with E-state index in [4.69, 9.17) is 16.3 Å². The van der Waals surface area contributed by atoms with Crippen LogP contribution in [-0.2, 0) is 9.53 Å². The molecule has 140 valence electrons. The molecule has 0 saturated carbocycles. The van der Waals surface area contributed by atoms with Gasteiger partial charge in [-0.1, -0.05) is 23.4 Å². The van der Waals surface area contributed by atoms with Crippen molar-refractivity contribution in [3.63, 3.8) is 0 Å². The van der Waals surface area contributed by atoms with E-state index in [0.29, 0.717) is 28.8 Å². The maximum absolute atomic E-state index is 12.0. The molecule has 1 atom stereocenters. The van der Waals surface area contributed by atoms with Crippen LogP contribution in [0, 0.1) is 0 Å². The van der Waals surface area contributed by atoms with Crippen LogP contribution in [0.3, 0.4) is 0 Å². The number of carbonyl (C=O) groups is 1. The SMILES string of the molecule is O=C(CSc1ccc2nnc(-c3ccc(Cl)cc3)n2n1)NC[C@@H]1CCCO1. The van der Waals surface area contributed by atoms with Gasteiger partial charge in [0.1, 0.15) is 5.03 Å². The van der Waals surface area contributed by atoms with Crippen LogP contribution < -0.4 is 5.32 Å². The van der Waals surface area contributed by atoms with E-state index in [0.717, 1.165) is 30.0 Å². The molecule has 2 aromatic heterocycles. The molecule has 4 rings (SSSR count). The summed E-state index contributed by atoms with van der Waals surface area (Å²) in [4.78, 5) is 12.0. The molecule has 3 heterocycles. The van der Waals surface area contributed by atoms with Crippen molar-refractivity contribution in [2.45, 2.75) is 24.0 Å². The smallest absolute Gasteiger partial charge is 0.230 e. The molecule has 27 heavy (non-hydrogen) atoms. The fourth-order valence-corrected chi connectivity index (χ4v) is 3.66. The van der Waals surface area contributed by atoms with Gasteiger partial charge in [0.15, 0.2) is 11.5 Å². The summed E-state index contributed by atoms with van der Waals surface area (Å²) >= 11 is 7.32. The van der Waals surface area contributed by atoms with Crippen LogP contribution in [-0.4, -0.2) is 50.7 Å². The molecule has 1 aromatic carbocycles. The molecule has 7 nitrogen and oxygen atoms in total. The van der Waals surface area contributed by atoms with E-state index in [1.165, 1.54) is 11.8 Å². The van der Waals surface area contributed by atoms with Crippen LogP contribution in [0.25, 0.3) is 17.0 Å². The Morgan fingerprint density at radius 1 is 1.26 bits per heavy atom. The van der Waals surface area contributed by atoms with E-state index in [-0.39, 0.29) is 12.0 Å². The van der Waals surface area contributed by atoms with Crippen molar-refractivity contribution < 1.29 is 9.53 Å². The minimum atomic E-state index is -0.0286. The van der Waals surface area contributed by atoms with Crippen LogP contribution in [0.1, 0.15) is 12.8 Å². The molecular formula is C18H18ClN5O2S. The number of carbonyl (C=O) groups excluding carboxylic acids is 1. The Bertz CT molecular complexity index is 941. The van der Waals surface area contributed by atoms with E-state index < -0.39 is 0 Å². The highest BCUT2D eigenvalue weighted by molar-refractivity contribution is 7.99. The third kappa shape index (κ3) is 4.40. The zero-order chi connectivity index (χ0) is 18.6. The molecule has 1 N–H and O–H groups in total. The number of halogens is 1. The minimum Gasteiger partial charge on any atom is -0.376 e. The van der Waals surface area contributed by atoms with Crippen molar-refractivity contribution in [2.75, 3.05) is 18.9 Å². The van der Waals surface area contributed by atoms with Gasteiger partial charge in [-0.05, 0) is 49.2 Å². The highest BCUT2D eigenvalue weighted by atomic mass is 35.5. The zero-order valence-electron chi connectivity index (χ0n) is 14.5. The van der Waals surface area contributed by atoms with Gasteiger partial charge in [-0.25, -0.2) is 0 Å². The Morgan fingerprint density at radius 3 is 2.89 bits per heavy atom. The Kier molecular flexibility index (Phi) is 5.56. The van der Waals surface area contributed by atoms with Crippen LogP contribution in [0.2, 0.25) is 5.02 Å². The average molecular weight is 404 g/mol. The summed E-state index contributed by atoms with van der Waals surface area (Å²) in [5, 5.41) is 17.2. The Hall–Kier alpha value is -2.16. The summed E-state index contributed by atoms with van der Waals surface area (Å²) in [5.41, 5.74) is 1.52. The van der Waals surface area contributed by atoms with Crippen molar-refractivity contribution in [3.05, 3.63) is 41.4 Å². The average Bonchev–Trinajstić information content (AvgIpc) is 3.35. The first-order chi connectivity index (χ1) is 13.2. The van der Waals surface area contributed by atoms with Crippen LogP contribution in [0.4, 0.5) is 0 Å². The molecule has 0 aliphatic carbocycles. The second-order valence-electron chi connectivity index (χ2n) is 6.20. The predicted octanol–water partition coefficient (Wildman–Crippen LogP) is 2.83. The summed E-state index contributed by atoms with van der Waals surface area (Å²) in [6.45, 7) is 1.35.